The number of pyridine rings is 1. The lowest BCUT2D eigenvalue weighted by Gasteiger charge is -2.24. The van der Waals surface area contributed by atoms with Gasteiger partial charge < -0.3 is 4.90 Å². The van der Waals surface area contributed by atoms with Crippen LogP contribution in [0.3, 0.4) is 0 Å². The van der Waals surface area contributed by atoms with Gasteiger partial charge in [0, 0.05) is 23.8 Å². The first-order valence-corrected chi connectivity index (χ1v) is 7.34. The lowest BCUT2D eigenvalue weighted by atomic mass is 10.1. The Labute approximate surface area is 126 Å². The highest BCUT2D eigenvalue weighted by Gasteiger charge is 2.22. The van der Waals surface area contributed by atoms with Gasteiger partial charge in [-0.15, -0.1) is 0 Å². The van der Waals surface area contributed by atoms with Gasteiger partial charge in [-0.1, -0.05) is 43.5 Å². The number of fused-ring (bicyclic) bond motifs is 2. The molecule has 0 bridgehead atoms. The monoisotopic (exact) mass is 276 g/mol. The minimum Gasteiger partial charge on any atom is -0.344 e. The molecule has 1 aliphatic rings. The van der Waals surface area contributed by atoms with Gasteiger partial charge in [0.15, 0.2) is 0 Å². The van der Waals surface area contributed by atoms with Crippen molar-refractivity contribution >= 4 is 16.6 Å². The number of hydrogen-bond acceptors (Lipinski definition) is 2. The zero-order valence-electron chi connectivity index (χ0n) is 12.5. The molecule has 3 rings (SSSR count). The summed E-state index contributed by atoms with van der Waals surface area (Å²) in [6, 6.07) is 8.36. The number of aryl methyl sites for hydroxylation is 1. The molecule has 0 amide bonds. The van der Waals surface area contributed by atoms with Crippen LogP contribution < -0.4 is 4.90 Å². The third kappa shape index (κ3) is 2.38. The standard InChI is InChI=1S/C19H20N2/c1-4-5-9-14(2)21(3)19-15-10-6-7-12-17(15)20-18-13-8-11-16(18)19/h4-7,9-10,12H,1-2,8,11,13H2,3H3/b9-5-. The van der Waals surface area contributed by atoms with E-state index in [4.69, 9.17) is 4.98 Å². The van der Waals surface area contributed by atoms with Crippen LogP contribution in [0.2, 0.25) is 0 Å². The van der Waals surface area contributed by atoms with Gasteiger partial charge in [-0.25, -0.2) is 0 Å². The minimum atomic E-state index is 0.959. The third-order valence-corrected chi connectivity index (χ3v) is 4.08. The highest BCUT2D eigenvalue weighted by molar-refractivity contribution is 5.95. The Morgan fingerprint density at radius 1 is 1.29 bits per heavy atom. The number of hydrogen-bond donors (Lipinski definition) is 0. The zero-order chi connectivity index (χ0) is 14.8. The summed E-state index contributed by atoms with van der Waals surface area (Å²) in [5.74, 6) is 0. The molecule has 0 atom stereocenters. The van der Waals surface area contributed by atoms with Crippen LogP contribution in [0.15, 0.2) is 61.3 Å². The molecule has 106 valence electrons. The fourth-order valence-electron chi connectivity index (χ4n) is 3.00. The largest absolute Gasteiger partial charge is 0.344 e. The molecule has 0 unspecified atom stereocenters. The van der Waals surface area contributed by atoms with E-state index in [0.717, 1.165) is 24.1 Å². The molecular formula is C19H20N2. The average molecular weight is 276 g/mol. The second kappa shape index (κ2) is 5.57. The highest BCUT2D eigenvalue weighted by Crippen LogP contribution is 2.37. The summed E-state index contributed by atoms with van der Waals surface area (Å²) < 4.78 is 0. The van der Waals surface area contributed by atoms with E-state index in [-0.39, 0.29) is 0 Å². The number of nitrogens with zero attached hydrogens (tertiary/aromatic N) is 2. The van der Waals surface area contributed by atoms with Crippen LogP contribution >= 0.6 is 0 Å². The number of likely N-dealkylation sites (N-methyl/N-ethyl adjacent to an activating group) is 1. The second-order valence-corrected chi connectivity index (χ2v) is 5.40. The molecule has 1 aliphatic carbocycles. The van der Waals surface area contributed by atoms with Gasteiger partial charge in [0.05, 0.1) is 11.2 Å². The molecular weight excluding hydrogens is 256 g/mol. The van der Waals surface area contributed by atoms with Crippen LogP contribution in [0.4, 0.5) is 5.69 Å². The quantitative estimate of drug-likeness (QED) is 0.769. The SMILES string of the molecule is C=C/C=C\C(=C)N(C)c1c2c(nc3ccccc13)CCC2. The number of aromatic nitrogens is 1. The number of anilines is 1. The summed E-state index contributed by atoms with van der Waals surface area (Å²) in [5, 5.41) is 1.20. The van der Waals surface area contributed by atoms with E-state index in [2.05, 4.69) is 43.3 Å². The maximum Gasteiger partial charge on any atom is 0.0726 e. The first-order valence-electron chi connectivity index (χ1n) is 7.34. The van der Waals surface area contributed by atoms with Crippen LogP contribution in [0.5, 0.6) is 0 Å². The van der Waals surface area contributed by atoms with Gasteiger partial charge in [0.25, 0.3) is 0 Å². The van der Waals surface area contributed by atoms with E-state index in [9.17, 15) is 0 Å². The minimum absolute atomic E-state index is 0.959. The average Bonchev–Trinajstić information content (AvgIpc) is 2.97. The van der Waals surface area contributed by atoms with Crippen molar-refractivity contribution in [3.05, 3.63) is 72.6 Å². The number of benzene rings is 1. The Kier molecular flexibility index (Phi) is 3.61. The van der Waals surface area contributed by atoms with Crippen LogP contribution in [0.25, 0.3) is 10.9 Å². The van der Waals surface area contributed by atoms with Gasteiger partial charge in [-0.05, 0) is 37.0 Å². The van der Waals surface area contributed by atoms with E-state index >= 15 is 0 Å². The molecule has 2 heteroatoms. The van der Waals surface area contributed by atoms with Crippen molar-refractivity contribution in [3.63, 3.8) is 0 Å². The van der Waals surface area contributed by atoms with Crippen molar-refractivity contribution in [2.75, 3.05) is 11.9 Å². The topological polar surface area (TPSA) is 16.1 Å². The molecule has 0 spiro atoms. The molecule has 1 aromatic carbocycles. The molecule has 0 saturated carbocycles. The number of allylic oxidation sites excluding steroid dienone is 3. The summed E-state index contributed by atoms with van der Waals surface area (Å²) in [6.45, 7) is 7.89. The van der Waals surface area contributed by atoms with Crippen molar-refractivity contribution in [1.82, 2.24) is 4.98 Å². The summed E-state index contributed by atoms with van der Waals surface area (Å²) >= 11 is 0. The molecule has 0 aliphatic heterocycles. The molecule has 21 heavy (non-hydrogen) atoms. The summed E-state index contributed by atoms with van der Waals surface area (Å²) in [7, 11) is 2.08. The first kappa shape index (κ1) is 13.6. The molecule has 1 heterocycles. The van der Waals surface area contributed by atoms with E-state index in [1.165, 1.54) is 28.8 Å². The van der Waals surface area contributed by atoms with Crippen LogP contribution in [-0.2, 0) is 12.8 Å². The van der Waals surface area contributed by atoms with Gasteiger partial charge in [0.2, 0.25) is 0 Å². The van der Waals surface area contributed by atoms with Gasteiger partial charge >= 0.3 is 0 Å². The van der Waals surface area contributed by atoms with E-state index in [0.29, 0.717) is 0 Å². The molecule has 0 N–H and O–H groups in total. The zero-order valence-corrected chi connectivity index (χ0v) is 12.5. The van der Waals surface area contributed by atoms with Crippen molar-refractivity contribution in [2.24, 2.45) is 0 Å². The lowest BCUT2D eigenvalue weighted by molar-refractivity contribution is 0.900. The van der Waals surface area contributed by atoms with E-state index < -0.39 is 0 Å². The number of para-hydroxylation sites is 1. The Balaban J connectivity index is 2.18. The molecule has 1 aromatic heterocycles. The van der Waals surface area contributed by atoms with E-state index in [1.807, 2.05) is 18.2 Å². The highest BCUT2D eigenvalue weighted by atomic mass is 15.1. The predicted octanol–water partition coefficient (Wildman–Crippen LogP) is 4.42. The number of rotatable bonds is 4. The van der Waals surface area contributed by atoms with Gasteiger partial charge in [-0.3, -0.25) is 4.98 Å². The molecule has 0 saturated heterocycles. The Hall–Kier alpha value is -2.35. The summed E-state index contributed by atoms with van der Waals surface area (Å²) in [6.07, 6.45) is 9.05. The normalized spacial score (nSPS) is 13.6. The van der Waals surface area contributed by atoms with Crippen molar-refractivity contribution < 1.29 is 0 Å². The Morgan fingerprint density at radius 2 is 2.10 bits per heavy atom. The maximum absolute atomic E-state index is 4.83. The fraction of sp³-hybridized carbons (Fsp3) is 0.211. The van der Waals surface area contributed by atoms with Crippen LogP contribution in [0.1, 0.15) is 17.7 Å². The smallest absolute Gasteiger partial charge is 0.0726 e. The fourth-order valence-corrected chi connectivity index (χ4v) is 3.00. The Morgan fingerprint density at radius 3 is 2.90 bits per heavy atom. The van der Waals surface area contributed by atoms with Crippen molar-refractivity contribution in [2.45, 2.75) is 19.3 Å². The molecule has 2 nitrogen and oxygen atoms in total. The second-order valence-electron chi connectivity index (χ2n) is 5.40. The van der Waals surface area contributed by atoms with E-state index in [1.54, 1.807) is 6.08 Å². The third-order valence-electron chi connectivity index (χ3n) is 4.08. The van der Waals surface area contributed by atoms with Crippen LogP contribution in [-0.4, -0.2) is 12.0 Å². The molecule has 0 fully saturated rings. The maximum atomic E-state index is 4.83. The molecule has 0 radical (unpaired) electrons. The summed E-state index contributed by atoms with van der Waals surface area (Å²) in [5.41, 5.74) is 5.91. The van der Waals surface area contributed by atoms with Crippen molar-refractivity contribution in [1.29, 1.82) is 0 Å². The molecule has 2 aromatic rings. The van der Waals surface area contributed by atoms with Crippen LogP contribution in [0, 0.1) is 0 Å². The van der Waals surface area contributed by atoms with Crippen molar-refractivity contribution in [3.8, 4) is 0 Å². The first-order chi connectivity index (χ1) is 10.2. The summed E-state index contributed by atoms with van der Waals surface area (Å²) in [4.78, 5) is 7.00. The Bertz CT molecular complexity index is 741. The lowest BCUT2D eigenvalue weighted by Crippen LogP contribution is -2.17. The predicted molar refractivity (Wildman–Crippen MR) is 90.6 cm³/mol. The van der Waals surface area contributed by atoms with Gasteiger partial charge in [0.1, 0.15) is 0 Å². The van der Waals surface area contributed by atoms with Gasteiger partial charge in [-0.2, -0.15) is 0 Å².